The molecular formula is C23H31N7O4S2. The fourth-order valence-electron chi connectivity index (χ4n) is 4.27. The van der Waals surface area contributed by atoms with Crippen LogP contribution in [0.25, 0.3) is 6.08 Å². The monoisotopic (exact) mass is 533 g/mol. The highest BCUT2D eigenvalue weighted by Gasteiger charge is 2.41. The summed E-state index contributed by atoms with van der Waals surface area (Å²) in [6.07, 6.45) is 1.41. The van der Waals surface area contributed by atoms with Crippen LogP contribution in [0.5, 0.6) is 0 Å². The van der Waals surface area contributed by atoms with Gasteiger partial charge < -0.3 is 16.0 Å². The number of amides is 2. The number of aryl methyl sites for hydroxylation is 1. The predicted octanol–water partition coefficient (Wildman–Crippen LogP) is 0.403. The van der Waals surface area contributed by atoms with Crippen molar-refractivity contribution in [1.29, 1.82) is 0 Å². The van der Waals surface area contributed by atoms with Gasteiger partial charge in [-0.05, 0) is 18.6 Å². The average Bonchev–Trinajstić information content (AvgIpc) is 3.25. The lowest BCUT2D eigenvalue weighted by molar-refractivity contribution is -0.126. The number of sulfonamides is 1. The van der Waals surface area contributed by atoms with Crippen LogP contribution in [0, 0.1) is 6.92 Å². The summed E-state index contributed by atoms with van der Waals surface area (Å²) in [6.45, 7) is 2.99. The van der Waals surface area contributed by atoms with Gasteiger partial charge in [-0.1, -0.05) is 29.8 Å². The van der Waals surface area contributed by atoms with Crippen LogP contribution in [0.1, 0.15) is 31.5 Å². The number of piperazine rings is 1. The summed E-state index contributed by atoms with van der Waals surface area (Å²) >= 11 is 1.31. The summed E-state index contributed by atoms with van der Waals surface area (Å²) in [4.78, 5) is 33.2. The first-order chi connectivity index (χ1) is 17.0. The quantitative estimate of drug-likeness (QED) is 0.565. The number of carbonyl (C=O) groups is 2. The molecule has 0 radical (unpaired) electrons. The predicted molar refractivity (Wildman–Crippen MR) is 138 cm³/mol. The van der Waals surface area contributed by atoms with Crippen molar-refractivity contribution in [2.45, 2.75) is 26.1 Å². The van der Waals surface area contributed by atoms with E-state index in [9.17, 15) is 18.0 Å². The van der Waals surface area contributed by atoms with Crippen LogP contribution >= 0.6 is 11.3 Å². The Bertz CT molecular complexity index is 1280. The maximum Gasteiger partial charge on any atom is 0.283 e. The molecule has 11 nitrogen and oxygen atoms in total. The number of carbonyl (C=O) groups excluding carboxylic acids is 2. The number of nitrogens with one attached hydrogen (secondary N) is 1. The number of thiazole rings is 1. The largest absolute Gasteiger partial charge is 0.388 e. The third-order valence-electron chi connectivity index (χ3n) is 6.44. The number of fused-ring (bicyclic) bond motifs is 1. The van der Waals surface area contributed by atoms with Gasteiger partial charge in [-0.2, -0.15) is 4.31 Å². The average molecular weight is 534 g/mol. The van der Waals surface area contributed by atoms with Gasteiger partial charge in [-0.3, -0.25) is 9.59 Å². The molecule has 13 heteroatoms. The normalized spacial score (nSPS) is 20.3. The van der Waals surface area contributed by atoms with E-state index in [1.807, 2.05) is 49.2 Å². The van der Waals surface area contributed by atoms with Crippen LogP contribution in [0.15, 0.2) is 29.3 Å². The van der Waals surface area contributed by atoms with E-state index in [4.69, 9.17) is 5.73 Å². The number of hydrazine groups is 1. The van der Waals surface area contributed by atoms with Crippen molar-refractivity contribution in [3.63, 3.8) is 0 Å². The highest BCUT2D eigenvalue weighted by Crippen LogP contribution is 2.28. The fraction of sp³-hybridized carbons (Fsp3) is 0.435. The molecule has 36 heavy (non-hydrogen) atoms. The number of benzene rings is 1. The second kappa shape index (κ2) is 10.3. The summed E-state index contributed by atoms with van der Waals surface area (Å²) in [5, 5.41) is 6.59. The van der Waals surface area contributed by atoms with Crippen LogP contribution in [0.3, 0.4) is 0 Å². The maximum absolute atomic E-state index is 13.4. The van der Waals surface area contributed by atoms with Gasteiger partial charge in [-0.15, -0.1) is 11.3 Å². The molecule has 2 amide bonds. The van der Waals surface area contributed by atoms with E-state index >= 15 is 0 Å². The summed E-state index contributed by atoms with van der Waals surface area (Å²) < 4.78 is 27.7. The summed E-state index contributed by atoms with van der Waals surface area (Å²) in [5.74, 6) is -0.834. The van der Waals surface area contributed by atoms with Gasteiger partial charge in [-0.25, -0.2) is 23.4 Å². The second-order valence-electron chi connectivity index (χ2n) is 8.97. The third-order valence-corrected chi connectivity index (χ3v) is 9.23. The molecule has 1 aromatic heterocycles. The highest BCUT2D eigenvalue weighted by molar-refractivity contribution is 7.93. The Balaban J connectivity index is 1.56. The summed E-state index contributed by atoms with van der Waals surface area (Å²) in [7, 11) is 1.32. The van der Waals surface area contributed by atoms with Crippen molar-refractivity contribution in [2.24, 2.45) is 5.73 Å². The Kier molecular flexibility index (Phi) is 7.48. The van der Waals surface area contributed by atoms with E-state index in [1.165, 1.54) is 29.4 Å². The van der Waals surface area contributed by atoms with Crippen LogP contribution in [-0.2, 0) is 27.9 Å². The lowest BCUT2D eigenvalue weighted by atomic mass is 10.1. The van der Waals surface area contributed by atoms with E-state index in [2.05, 4.69) is 10.3 Å². The number of nitrogens with two attached hydrogens (primary N) is 1. The van der Waals surface area contributed by atoms with Gasteiger partial charge in [0.2, 0.25) is 5.91 Å². The van der Waals surface area contributed by atoms with E-state index < -0.39 is 22.0 Å². The Morgan fingerprint density at radius 2 is 1.92 bits per heavy atom. The minimum atomic E-state index is -4.05. The zero-order valence-electron chi connectivity index (χ0n) is 20.8. The zero-order valence-corrected chi connectivity index (χ0v) is 22.4. The molecule has 1 unspecified atom stereocenters. The molecule has 1 atom stereocenters. The Morgan fingerprint density at radius 3 is 2.61 bits per heavy atom. The molecule has 0 spiro atoms. The summed E-state index contributed by atoms with van der Waals surface area (Å²) in [6, 6.07) is 6.31. The van der Waals surface area contributed by atoms with Crippen molar-refractivity contribution in [2.75, 3.05) is 40.8 Å². The van der Waals surface area contributed by atoms with Crippen LogP contribution in [0.4, 0.5) is 0 Å². The topological polar surface area (TPSA) is 132 Å². The number of nitrogens with zero attached hydrogens (tertiary/aromatic N) is 5. The molecule has 3 heterocycles. The molecule has 1 fully saturated rings. The van der Waals surface area contributed by atoms with Gasteiger partial charge in [0, 0.05) is 52.2 Å². The van der Waals surface area contributed by atoms with Gasteiger partial charge in [0.25, 0.3) is 15.9 Å². The zero-order chi connectivity index (χ0) is 26.2. The SMILES string of the molecule is CNC(=O)C1CN(S(=O)(=O)/C(N)=C/c2cccc(C)c2)CCN1C(=O)c1nc2c(s1)CN(C)N(C)C2. The minimum Gasteiger partial charge on any atom is -0.388 e. The van der Waals surface area contributed by atoms with Gasteiger partial charge in [0.15, 0.2) is 5.01 Å². The van der Waals surface area contributed by atoms with E-state index in [0.29, 0.717) is 23.7 Å². The third kappa shape index (κ3) is 5.15. The number of hydrogen-bond acceptors (Lipinski definition) is 9. The Hall–Kier alpha value is -2.84. The molecule has 1 aromatic carbocycles. The van der Waals surface area contributed by atoms with Crippen molar-refractivity contribution >= 4 is 39.3 Å². The van der Waals surface area contributed by atoms with Crippen molar-refractivity contribution < 1.29 is 18.0 Å². The minimum absolute atomic E-state index is 0.0144. The van der Waals surface area contributed by atoms with E-state index in [0.717, 1.165) is 20.4 Å². The number of likely N-dealkylation sites (N-methyl/N-ethyl adjacent to an activating group) is 1. The summed E-state index contributed by atoms with van der Waals surface area (Å²) in [5.41, 5.74) is 8.50. The van der Waals surface area contributed by atoms with Crippen LogP contribution in [0.2, 0.25) is 0 Å². The smallest absolute Gasteiger partial charge is 0.283 e. The van der Waals surface area contributed by atoms with Gasteiger partial charge in [0.05, 0.1) is 12.2 Å². The fourth-order valence-corrected chi connectivity index (χ4v) is 6.58. The first kappa shape index (κ1) is 26.2. The van der Waals surface area contributed by atoms with Gasteiger partial charge >= 0.3 is 0 Å². The van der Waals surface area contributed by atoms with Crippen molar-refractivity contribution in [3.05, 3.63) is 56.0 Å². The molecule has 2 aliphatic rings. The molecule has 194 valence electrons. The Morgan fingerprint density at radius 1 is 1.19 bits per heavy atom. The maximum atomic E-state index is 13.4. The van der Waals surface area contributed by atoms with Gasteiger partial charge in [0.1, 0.15) is 11.1 Å². The van der Waals surface area contributed by atoms with E-state index in [-0.39, 0.29) is 30.6 Å². The van der Waals surface area contributed by atoms with Crippen molar-refractivity contribution in [1.82, 2.24) is 29.5 Å². The second-order valence-corrected chi connectivity index (χ2v) is 12.0. The molecular weight excluding hydrogens is 502 g/mol. The van der Waals surface area contributed by atoms with Crippen LogP contribution < -0.4 is 11.1 Å². The molecule has 2 aromatic rings. The molecule has 2 aliphatic heterocycles. The first-order valence-electron chi connectivity index (χ1n) is 11.5. The van der Waals surface area contributed by atoms with Crippen LogP contribution in [-0.4, -0.2) is 91.3 Å². The number of rotatable bonds is 5. The molecule has 0 bridgehead atoms. The highest BCUT2D eigenvalue weighted by atomic mass is 32.2. The lowest BCUT2D eigenvalue weighted by Gasteiger charge is -2.39. The number of hydrogen-bond donors (Lipinski definition) is 2. The van der Waals surface area contributed by atoms with E-state index in [1.54, 1.807) is 6.07 Å². The molecule has 1 saturated heterocycles. The molecule has 0 saturated carbocycles. The standard InChI is InChI=1S/C23H31N7O4S2/c1-15-6-5-7-16(10-15)11-20(24)36(33,34)29-8-9-30(18(13-29)21(31)25-2)23(32)22-26-17-12-27(3)28(4)14-19(17)35-22/h5-7,10-11,18H,8-9,12-14,24H2,1-4H3,(H,25,31)/b20-11+. The number of aromatic nitrogens is 1. The molecule has 4 rings (SSSR count). The first-order valence-corrected chi connectivity index (χ1v) is 13.7. The molecule has 0 aliphatic carbocycles. The van der Waals surface area contributed by atoms with Crippen molar-refractivity contribution in [3.8, 4) is 0 Å². The Labute approximate surface area is 215 Å². The lowest BCUT2D eigenvalue weighted by Crippen LogP contribution is -2.61. The molecule has 3 N–H and O–H groups in total.